The Morgan fingerprint density at radius 3 is 2.81 bits per heavy atom. The Kier molecular flexibility index (Phi) is 6.99. The molecule has 147 valence electrons. The molecule has 0 spiro atoms. The summed E-state index contributed by atoms with van der Waals surface area (Å²) in [5, 5.41) is 20.0. The highest BCUT2D eigenvalue weighted by molar-refractivity contribution is 6.31. The minimum absolute atomic E-state index is 0.0504. The van der Waals surface area contributed by atoms with Gasteiger partial charge in [0.15, 0.2) is 0 Å². The van der Waals surface area contributed by atoms with Crippen molar-refractivity contribution in [1.29, 1.82) is 0 Å². The second kappa shape index (κ2) is 9.24. The molecule has 3 rings (SSSR count). The molecule has 0 bridgehead atoms. The molecule has 1 heterocycles. The number of piperidine rings is 1. The van der Waals surface area contributed by atoms with E-state index >= 15 is 0 Å². The number of likely N-dealkylation sites (tertiary alicyclic amines) is 1. The van der Waals surface area contributed by atoms with E-state index in [-0.39, 0.29) is 19.3 Å². The van der Waals surface area contributed by atoms with Crippen LogP contribution in [-0.2, 0) is 12.0 Å². The molecule has 2 unspecified atom stereocenters. The molecular formula is C22H29ClNO3. The third kappa shape index (κ3) is 3.95. The molecule has 0 amide bonds. The quantitative estimate of drug-likeness (QED) is 0.747. The van der Waals surface area contributed by atoms with E-state index in [1.165, 1.54) is 0 Å². The standard InChI is InChI=1S/C22H29ClNO3/c1-27-20-11-10-17(7-6-14-25)15-19(20)22(12-4-2-9-21(22)23)24-13-5-3-8-18(24)16-26/h2,4,9-12,15,18,25-26H,3,5-8,13-14,16H2,1H3. The summed E-state index contributed by atoms with van der Waals surface area (Å²) in [6, 6.07) is 6.22. The first-order valence-electron chi connectivity index (χ1n) is 9.72. The van der Waals surface area contributed by atoms with Crippen molar-refractivity contribution in [3.05, 3.63) is 59.0 Å². The van der Waals surface area contributed by atoms with Gasteiger partial charge in [0.25, 0.3) is 0 Å². The highest BCUT2D eigenvalue weighted by Crippen LogP contribution is 2.49. The molecule has 1 fully saturated rings. The first kappa shape index (κ1) is 20.4. The second-order valence-corrected chi connectivity index (χ2v) is 7.63. The molecular weight excluding hydrogens is 362 g/mol. The Morgan fingerprint density at radius 1 is 1.26 bits per heavy atom. The van der Waals surface area contributed by atoms with Gasteiger partial charge in [-0.1, -0.05) is 36.2 Å². The maximum Gasteiger partial charge on any atom is 0.124 e. The van der Waals surface area contributed by atoms with Crippen LogP contribution in [0.1, 0.15) is 36.8 Å². The molecule has 1 aromatic rings. The van der Waals surface area contributed by atoms with Gasteiger partial charge in [0.1, 0.15) is 5.75 Å². The SMILES string of the molecule is COc1ccc(CCCO)cc1C1(N2CCCCC2CO)[CH]C=CC=C1Cl. The molecule has 5 heteroatoms. The first-order valence-corrected chi connectivity index (χ1v) is 10.1. The van der Waals surface area contributed by atoms with Crippen molar-refractivity contribution >= 4 is 11.6 Å². The zero-order valence-corrected chi connectivity index (χ0v) is 16.7. The number of hydrogen-bond donors (Lipinski definition) is 2. The Balaban J connectivity index is 2.14. The van der Waals surface area contributed by atoms with Crippen molar-refractivity contribution in [1.82, 2.24) is 4.90 Å². The van der Waals surface area contributed by atoms with Crippen LogP contribution in [0.4, 0.5) is 0 Å². The number of benzene rings is 1. The summed E-state index contributed by atoms with van der Waals surface area (Å²) >= 11 is 6.87. The van der Waals surface area contributed by atoms with Gasteiger partial charge in [-0.3, -0.25) is 4.90 Å². The van der Waals surface area contributed by atoms with Crippen LogP contribution < -0.4 is 4.74 Å². The molecule has 1 aromatic carbocycles. The lowest BCUT2D eigenvalue weighted by molar-refractivity contribution is 0.0281. The number of halogens is 1. The van der Waals surface area contributed by atoms with Gasteiger partial charge < -0.3 is 14.9 Å². The number of aliphatic hydroxyl groups excluding tert-OH is 2. The summed E-state index contributed by atoms with van der Waals surface area (Å²) in [7, 11) is 1.68. The number of rotatable bonds is 7. The summed E-state index contributed by atoms with van der Waals surface area (Å²) in [5.41, 5.74) is 1.49. The van der Waals surface area contributed by atoms with E-state index in [9.17, 15) is 10.2 Å². The molecule has 0 aromatic heterocycles. The van der Waals surface area contributed by atoms with Gasteiger partial charge in [-0.05, 0) is 56.0 Å². The second-order valence-electron chi connectivity index (χ2n) is 7.22. The highest BCUT2D eigenvalue weighted by atomic mass is 35.5. The van der Waals surface area contributed by atoms with Gasteiger partial charge in [-0.2, -0.15) is 0 Å². The minimum atomic E-state index is -0.648. The topological polar surface area (TPSA) is 52.9 Å². The lowest BCUT2D eigenvalue weighted by Crippen LogP contribution is -2.55. The largest absolute Gasteiger partial charge is 0.496 e. The number of nitrogens with zero attached hydrogens (tertiary/aromatic N) is 1. The third-order valence-corrected chi connectivity index (χ3v) is 6.06. The Labute approximate surface area is 167 Å². The zero-order valence-electron chi connectivity index (χ0n) is 15.9. The van der Waals surface area contributed by atoms with Gasteiger partial charge >= 0.3 is 0 Å². The van der Waals surface area contributed by atoms with Gasteiger partial charge in [-0.15, -0.1) is 0 Å². The lowest BCUT2D eigenvalue weighted by atomic mass is 9.78. The summed E-state index contributed by atoms with van der Waals surface area (Å²) in [4.78, 5) is 2.33. The van der Waals surface area contributed by atoms with Crippen molar-refractivity contribution in [3.63, 3.8) is 0 Å². The number of methoxy groups -OCH3 is 1. The van der Waals surface area contributed by atoms with E-state index in [1.807, 2.05) is 30.4 Å². The molecule has 1 radical (unpaired) electrons. The molecule has 27 heavy (non-hydrogen) atoms. The Morgan fingerprint density at radius 2 is 2.11 bits per heavy atom. The van der Waals surface area contributed by atoms with Gasteiger partial charge in [-0.25, -0.2) is 0 Å². The molecule has 0 saturated carbocycles. The van der Waals surface area contributed by atoms with Crippen molar-refractivity contribution in [2.75, 3.05) is 26.9 Å². The molecule has 4 nitrogen and oxygen atoms in total. The third-order valence-electron chi connectivity index (χ3n) is 5.64. The number of aliphatic hydroxyl groups is 2. The molecule has 1 aliphatic carbocycles. The van der Waals surface area contributed by atoms with E-state index in [2.05, 4.69) is 17.4 Å². The predicted molar refractivity (Wildman–Crippen MR) is 109 cm³/mol. The maximum atomic E-state index is 10.0. The first-order chi connectivity index (χ1) is 13.2. The fraction of sp³-hybridized carbons (Fsp3) is 0.500. The summed E-state index contributed by atoms with van der Waals surface area (Å²) in [6.07, 6.45) is 12.7. The normalized spacial score (nSPS) is 26.1. The minimum Gasteiger partial charge on any atom is -0.496 e. The van der Waals surface area contributed by atoms with Gasteiger partial charge in [0.05, 0.1) is 19.3 Å². The smallest absolute Gasteiger partial charge is 0.124 e. The number of ether oxygens (including phenoxy) is 1. The van der Waals surface area contributed by atoms with Crippen LogP contribution in [0.25, 0.3) is 0 Å². The van der Waals surface area contributed by atoms with Crippen LogP contribution in [-0.4, -0.2) is 48.0 Å². The Hall–Kier alpha value is -1.33. The van der Waals surface area contributed by atoms with Crippen LogP contribution in [0.15, 0.2) is 41.5 Å². The van der Waals surface area contributed by atoms with Crippen LogP contribution in [0.5, 0.6) is 5.75 Å². The number of aryl methyl sites for hydroxylation is 1. The van der Waals surface area contributed by atoms with E-state index in [0.29, 0.717) is 5.03 Å². The van der Waals surface area contributed by atoms with Crippen LogP contribution >= 0.6 is 11.6 Å². The van der Waals surface area contributed by atoms with E-state index < -0.39 is 5.54 Å². The fourth-order valence-electron chi connectivity index (χ4n) is 4.29. The highest BCUT2D eigenvalue weighted by Gasteiger charge is 2.47. The molecule has 1 aliphatic heterocycles. The molecule has 1 saturated heterocycles. The van der Waals surface area contributed by atoms with Crippen molar-refractivity contribution < 1.29 is 14.9 Å². The lowest BCUT2D eigenvalue weighted by Gasteiger charge is -2.50. The van der Waals surface area contributed by atoms with Crippen molar-refractivity contribution in [3.8, 4) is 5.75 Å². The van der Waals surface area contributed by atoms with Crippen molar-refractivity contribution in [2.45, 2.75) is 43.7 Å². The molecule has 2 atom stereocenters. The molecule has 2 N–H and O–H groups in total. The van der Waals surface area contributed by atoms with E-state index in [4.69, 9.17) is 16.3 Å². The summed E-state index contributed by atoms with van der Waals surface area (Å²) < 4.78 is 5.72. The van der Waals surface area contributed by atoms with E-state index in [0.717, 1.165) is 55.5 Å². The van der Waals surface area contributed by atoms with Crippen LogP contribution in [0, 0.1) is 6.42 Å². The van der Waals surface area contributed by atoms with E-state index in [1.54, 1.807) is 7.11 Å². The zero-order chi connectivity index (χ0) is 19.3. The summed E-state index contributed by atoms with van der Waals surface area (Å²) in [6.45, 7) is 1.14. The maximum absolute atomic E-state index is 10.0. The number of hydrogen-bond acceptors (Lipinski definition) is 4. The number of allylic oxidation sites excluding steroid dienone is 2. The van der Waals surface area contributed by atoms with Crippen molar-refractivity contribution in [2.24, 2.45) is 0 Å². The Bertz CT molecular complexity index is 703. The monoisotopic (exact) mass is 390 g/mol. The average Bonchev–Trinajstić information content (AvgIpc) is 2.72. The summed E-state index contributed by atoms with van der Waals surface area (Å²) in [5.74, 6) is 0.781. The fourth-order valence-corrected chi connectivity index (χ4v) is 4.64. The average molecular weight is 391 g/mol. The van der Waals surface area contributed by atoms with Gasteiger partial charge in [0, 0.05) is 29.7 Å². The van der Waals surface area contributed by atoms with Gasteiger partial charge in [0.2, 0.25) is 0 Å². The molecule has 2 aliphatic rings. The predicted octanol–water partition coefficient (Wildman–Crippen LogP) is 3.56. The van der Waals surface area contributed by atoms with Crippen LogP contribution in [0.3, 0.4) is 0 Å². The van der Waals surface area contributed by atoms with Crippen LogP contribution in [0.2, 0.25) is 0 Å².